The number of hydrogen-bond donors (Lipinski definition) is 0. The summed E-state index contributed by atoms with van der Waals surface area (Å²) in [6.45, 7) is 3.70. The monoisotopic (exact) mass is 509 g/mol. The quantitative estimate of drug-likeness (QED) is 0.611. The van der Waals surface area contributed by atoms with E-state index in [4.69, 9.17) is 0 Å². The van der Waals surface area contributed by atoms with E-state index in [1.807, 2.05) is 47.2 Å². The van der Waals surface area contributed by atoms with Crippen LogP contribution in [0.3, 0.4) is 0 Å². The highest BCUT2D eigenvalue weighted by Crippen LogP contribution is 2.40. The van der Waals surface area contributed by atoms with Gasteiger partial charge in [0.25, 0.3) is 5.91 Å². The van der Waals surface area contributed by atoms with Crippen molar-refractivity contribution in [2.24, 2.45) is 5.92 Å². The molecule has 1 spiro atoms. The van der Waals surface area contributed by atoms with Crippen molar-refractivity contribution in [3.8, 4) is 0 Å². The predicted molar refractivity (Wildman–Crippen MR) is 144 cm³/mol. The van der Waals surface area contributed by atoms with Gasteiger partial charge in [-0.15, -0.1) is 0 Å². The summed E-state index contributed by atoms with van der Waals surface area (Å²) in [5.74, 6) is 0.471. The third-order valence-corrected chi connectivity index (χ3v) is 9.39. The number of carbonyl (C=O) groups is 3. The van der Waals surface area contributed by atoms with Crippen LogP contribution in [-0.4, -0.2) is 102 Å². The fraction of sp³-hybridized carbons (Fsp3) is 0.690. The number of anilines is 1. The average molecular weight is 510 g/mol. The molecule has 5 rings (SSSR count). The number of amides is 3. The van der Waals surface area contributed by atoms with Gasteiger partial charge in [0.05, 0.1) is 6.67 Å². The Morgan fingerprint density at radius 1 is 0.946 bits per heavy atom. The van der Waals surface area contributed by atoms with Crippen LogP contribution in [0.4, 0.5) is 5.69 Å². The summed E-state index contributed by atoms with van der Waals surface area (Å²) in [5, 5.41) is 0. The van der Waals surface area contributed by atoms with E-state index in [-0.39, 0.29) is 36.2 Å². The van der Waals surface area contributed by atoms with Gasteiger partial charge in [0.1, 0.15) is 12.1 Å². The van der Waals surface area contributed by atoms with E-state index in [1.54, 1.807) is 4.90 Å². The third kappa shape index (κ3) is 5.22. The number of piperidine rings is 2. The minimum atomic E-state index is -0.697. The van der Waals surface area contributed by atoms with Crippen molar-refractivity contribution in [2.75, 3.05) is 58.4 Å². The Balaban J connectivity index is 1.29. The van der Waals surface area contributed by atoms with Gasteiger partial charge in [-0.05, 0) is 70.8 Å². The molecular weight excluding hydrogens is 466 g/mol. The van der Waals surface area contributed by atoms with Gasteiger partial charge in [0.2, 0.25) is 11.8 Å². The summed E-state index contributed by atoms with van der Waals surface area (Å²) in [5.41, 5.74) is 0.304. The van der Waals surface area contributed by atoms with Crippen molar-refractivity contribution in [2.45, 2.75) is 69.4 Å². The van der Waals surface area contributed by atoms with Crippen LogP contribution in [-0.2, 0) is 14.4 Å². The molecule has 0 bridgehead atoms. The fourth-order valence-corrected chi connectivity index (χ4v) is 6.89. The largest absolute Gasteiger partial charge is 0.342 e. The van der Waals surface area contributed by atoms with Crippen LogP contribution in [0.2, 0.25) is 0 Å². The standard InChI is InChI=1S/C29H43N5O3/c1-30-17-13-24(14-18-30)31(2)26(35)21-33-22-34(25-11-7-4-8-12-25)29(28(33)37)15-19-32(20-16-29)27(36)23-9-5-3-6-10-23/h4,7-8,11-12,23-24H,3,5-6,9-10,13-22H2,1-2H3. The van der Waals surface area contributed by atoms with E-state index in [1.165, 1.54) is 6.42 Å². The van der Waals surface area contributed by atoms with Crippen LogP contribution in [0.15, 0.2) is 30.3 Å². The van der Waals surface area contributed by atoms with Crippen molar-refractivity contribution in [3.05, 3.63) is 30.3 Å². The number of likely N-dealkylation sites (N-methyl/N-ethyl adjacent to an activating group) is 1. The minimum Gasteiger partial charge on any atom is -0.342 e. The molecule has 8 nitrogen and oxygen atoms in total. The molecule has 1 aromatic carbocycles. The van der Waals surface area contributed by atoms with Gasteiger partial charge in [-0.2, -0.15) is 0 Å². The Hall–Kier alpha value is -2.61. The molecule has 3 amide bonds. The van der Waals surface area contributed by atoms with Crippen molar-refractivity contribution < 1.29 is 14.4 Å². The fourth-order valence-electron chi connectivity index (χ4n) is 6.89. The Kier molecular flexibility index (Phi) is 7.75. The number of carbonyl (C=O) groups excluding carboxylic acids is 3. The van der Waals surface area contributed by atoms with Crippen LogP contribution >= 0.6 is 0 Å². The van der Waals surface area contributed by atoms with Crippen LogP contribution < -0.4 is 4.90 Å². The lowest BCUT2D eigenvalue weighted by molar-refractivity contribution is -0.144. The maximum Gasteiger partial charge on any atom is 0.250 e. The molecular formula is C29H43N5O3. The first kappa shape index (κ1) is 26.0. The number of likely N-dealkylation sites (tertiary alicyclic amines) is 2. The molecule has 8 heteroatoms. The molecule has 37 heavy (non-hydrogen) atoms. The molecule has 0 aromatic heterocycles. The summed E-state index contributed by atoms with van der Waals surface area (Å²) in [7, 11) is 4.01. The molecule has 1 aromatic rings. The molecule has 3 heterocycles. The second-order valence-corrected chi connectivity index (χ2v) is 11.6. The van der Waals surface area contributed by atoms with E-state index in [0.717, 1.165) is 57.3 Å². The van der Waals surface area contributed by atoms with E-state index in [0.29, 0.717) is 32.6 Å². The lowest BCUT2D eigenvalue weighted by Crippen LogP contribution is -2.58. The zero-order valence-corrected chi connectivity index (χ0v) is 22.6. The van der Waals surface area contributed by atoms with Crippen molar-refractivity contribution in [1.29, 1.82) is 0 Å². The highest BCUT2D eigenvalue weighted by molar-refractivity contribution is 5.96. The highest BCUT2D eigenvalue weighted by atomic mass is 16.2. The first-order chi connectivity index (χ1) is 17.9. The second kappa shape index (κ2) is 11.0. The minimum absolute atomic E-state index is 0.0119. The zero-order valence-electron chi connectivity index (χ0n) is 22.6. The number of rotatable bonds is 5. The van der Waals surface area contributed by atoms with Crippen LogP contribution in [0.5, 0.6) is 0 Å². The van der Waals surface area contributed by atoms with Crippen molar-refractivity contribution in [1.82, 2.24) is 19.6 Å². The van der Waals surface area contributed by atoms with Crippen LogP contribution in [0, 0.1) is 5.92 Å². The van der Waals surface area contributed by atoms with Crippen LogP contribution in [0.25, 0.3) is 0 Å². The number of hydrogen-bond acceptors (Lipinski definition) is 5. The molecule has 1 aliphatic carbocycles. The van der Waals surface area contributed by atoms with Gasteiger partial charge in [0.15, 0.2) is 0 Å². The van der Waals surface area contributed by atoms with E-state index < -0.39 is 5.54 Å². The average Bonchev–Trinajstić information content (AvgIpc) is 3.20. The number of nitrogens with zero attached hydrogens (tertiary/aromatic N) is 5. The molecule has 3 aliphatic heterocycles. The highest BCUT2D eigenvalue weighted by Gasteiger charge is 2.54. The molecule has 4 fully saturated rings. The van der Waals surface area contributed by atoms with Gasteiger partial charge < -0.3 is 24.5 Å². The maximum atomic E-state index is 14.0. The molecule has 202 valence electrons. The van der Waals surface area contributed by atoms with Crippen molar-refractivity contribution in [3.63, 3.8) is 0 Å². The van der Waals surface area contributed by atoms with Gasteiger partial charge in [-0.1, -0.05) is 37.5 Å². The first-order valence-corrected chi connectivity index (χ1v) is 14.2. The summed E-state index contributed by atoms with van der Waals surface area (Å²) in [6.07, 6.45) is 8.66. The summed E-state index contributed by atoms with van der Waals surface area (Å²) >= 11 is 0. The molecule has 4 aliphatic rings. The SMILES string of the molecule is CN1CCC(N(C)C(=O)CN2CN(c3ccccc3)C3(CCN(C(=O)C4CCCCC4)CC3)C2=O)CC1. The van der Waals surface area contributed by atoms with E-state index in [9.17, 15) is 14.4 Å². The summed E-state index contributed by atoms with van der Waals surface area (Å²) in [6, 6.07) is 10.3. The van der Waals surface area contributed by atoms with Crippen LogP contribution in [0.1, 0.15) is 57.8 Å². The molecule has 3 saturated heterocycles. The van der Waals surface area contributed by atoms with E-state index in [2.05, 4.69) is 16.8 Å². The van der Waals surface area contributed by atoms with Gasteiger partial charge in [-0.25, -0.2) is 0 Å². The maximum absolute atomic E-state index is 14.0. The topological polar surface area (TPSA) is 67.4 Å². The second-order valence-electron chi connectivity index (χ2n) is 11.6. The summed E-state index contributed by atoms with van der Waals surface area (Å²) in [4.78, 5) is 50.6. The normalized spacial score (nSPS) is 23.6. The Labute approximate surface area is 221 Å². The van der Waals surface area contributed by atoms with Gasteiger partial charge in [-0.3, -0.25) is 14.4 Å². The lowest BCUT2D eigenvalue weighted by atomic mass is 9.83. The Morgan fingerprint density at radius 3 is 2.24 bits per heavy atom. The Morgan fingerprint density at radius 2 is 1.59 bits per heavy atom. The smallest absolute Gasteiger partial charge is 0.250 e. The predicted octanol–water partition coefficient (Wildman–Crippen LogP) is 2.79. The first-order valence-electron chi connectivity index (χ1n) is 14.2. The molecule has 0 atom stereocenters. The molecule has 0 radical (unpaired) electrons. The summed E-state index contributed by atoms with van der Waals surface area (Å²) < 4.78 is 0. The lowest BCUT2D eigenvalue weighted by Gasteiger charge is -2.44. The van der Waals surface area contributed by atoms with Gasteiger partial charge in [0, 0.05) is 37.8 Å². The van der Waals surface area contributed by atoms with Crippen molar-refractivity contribution >= 4 is 23.4 Å². The zero-order chi connectivity index (χ0) is 26.0. The molecule has 0 N–H and O–H groups in total. The third-order valence-electron chi connectivity index (χ3n) is 9.39. The molecule has 0 unspecified atom stereocenters. The van der Waals surface area contributed by atoms with E-state index >= 15 is 0 Å². The number of para-hydroxylation sites is 1. The molecule has 1 saturated carbocycles. The Bertz CT molecular complexity index is 963. The van der Waals surface area contributed by atoms with Gasteiger partial charge >= 0.3 is 0 Å². The number of benzene rings is 1.